The number of amides is 3. The van der Waals surface area contributed by atoms with Crippen molar-refractivity contribution in [2.45, 2.75) is 19.8 Å². The van der Waals surface area contributed by atoms with Crippen LogP contribution in [-0.2, 0) is 4.79 Å². The zero-order valence-electron chi connectivity index (χ0n) is 14.3. The van der Waals surface area contributed by atoms with Gasteiger partial charge in [-0.1, -0.05) is 17.7 Å². The summed E-state index contributed by atoms with van der Waals surface area (Å²) in [5.74, 6) is -0.105. The van der Waals surface area contributed by atoms with Crippen molar-refractivity contribution in [3.63, 3.8) is 0 Å². The molecule has 3 amide bonds. The fourth-order valence-electron chi connectivity index (χ4n) is 3.27. The standard InChI is InChI=1S/C18H26N4O2/c1-15-4-6-16(7-5-15)21-12-10-20(11-13-21)8-2-3-9-22-17(23)14-19-18(22)24/h4-7H,2-3,8-14H2,1H3,(H,19,24). The number of urea groups is 1. The summed E-state index contributed by atoms with van der Waals surface area (Å²) in [6.45, 7) is 8.07. The minimum atomic E-state index is -0.244. The molecule has 6 heteroatoms. The van der Waals surface area contributed by atoms with Crippen LogP contribution in [0.3, 0.4) is 0 Å². The Labute approximate surface area is 143 Å². The Morgan fingerprint density at radius 3 is 2.25 bits per heavy atom. The molecule has 1 aromatic rings. The second kappa shape index (κ2) is 7.66. The summed E-state index contributed by atoms with van der Waals surface area (Å²) in [4.78, 5) is 29.2. The van der Waals surface area contributed by atoms with Crippen molar-refractivity contribution in [1.29, 1.82) is 0 Å². The van der Waals surface area contributed by atoms with Crippen LogP contribution in [0.5, 0.6) is 0 Å². The molecule has 2 aliphatic rings. The number of nitrogens with one attached hydrogen (secondary N) is 1. The molecular formula is C18H26N4O2. The van der Waals surface area contributed by atoms with Crippen LogP contribution in [0.15, 0.2) is 24.3 Å². The van der Waals surface area contributed by atoms with Crippen molar-refractivity contribution in [3.05, 3.63) is 29.8 Å². The second-order valence-corrected chi connectivity index (χ2v) is 6.58. The van der Waals surface area contributed by atoms with Crippen molar-refractivity contribution in [2.24, 2.45) is 0 Å². The number of anilines is 1. The molecule has 2 heterocycles. The lowest BCUT2D eigenvalue weighted by Crippen LogP contribution is -2.46. The van der Waals surface area contributed by atoms with Gasteiger partial charge in [-0.05, 0) is 38.4 Å². The molecule has 0 bridgehead atoms. The zero-order valence-corrected chi connectivity index (χ0v) is 14.3. The summed E-state index contributed by atoms with van der Waals surface area (Å²) in [7, 11) is 0. The number of hydrogen-bond acceptors (Lipinski definition) is 4. The van der Waals surface area contributed by atoms with E-state index in [1.807, 2.05) is 0 Å². The number of rotatable bonds is 6. The Kier molecular flexibility index (Phi) is 5.35. The molecule has 2 fully saturated rings. The Balaban J connectivity index is 1.34. The topological polar surface area (TPSA) is 55.9 Å². The van der Waals surface area contributed by atoms with Crippen molar-refractivity contribution in [2.75, 3.05) is 50.7 Å². The molecule has 1 aromatic carbocycles. The van der Waals surface area contributed by atoms with Crippen molar-refractivity contribution in [3.8, 4) is 0 Å². The van der Waals surface area contributed by atoms with Crippen LogP contribution < -0.4 is 10.2 Å². The van der Waals surface area contributed by atoms with Gasteiger partial charge in [-0.25, -0.2) is 4.79 Å². The van der Waals surface area contributed by atoms with Gasteiger partial charge in [0.25, 0.3) is 0 Å². The number of benzene rings is 1. The highest BCUT2D eigenvalue weighted by atomic mass is 16.2. The predicted molar refractivity (Wildman–Crippen MR) is 94.2 cm³/mol. The number of hydrogen-bond donors (Lipinski definition) is 1. The number of piperazine rings is 1. The van der Waals surface area contributed by atoms with Crippen LogP contribution in [0.2, 0.25) is 0 Å². The molecule has 130 valence electrons. The molecule has 2 saturated heterocycles. The smallest absolute Gasteiger partial charge is 0.324 e. The van der Waals surface area contributed by atoms with Crippen LogP contribution in [-0.4, -0.2) is 67.6 Å². The van der Waals surface area contributed by atoms with Gasteiger partial charge in [0.05, 0.1) is 6.54 Å². The van der Waals surface area contributed by atoms with E-state index < -0.39 is 0 Å². The van der Waals surface area contributed by atoms with Gasteiger partial charge in [0.15, 0.2) is 0 Å². The van der Waals surface area contributed by atoms with E-state index in [-0.39, 0.29) is 18.5 Å². The number of nitrogens with zero attached hydrogens (tertiary/aromatic N) is 3. The van der Waals surface area contributed by atoms with E-state index in [9.17, 15) is 9.59 Å². The van der Waals surface area contributed by atoms with Gasteiger partial charge >= 0.3 is 6.03 Å². The minimum Gasteiger partial charge on any atom is -0.369 e. The normalized spacial score (nSPS) is 19.0. The summed E-state index contributed by atoms with van der Waals surface area (Å²) in [6, 6.07) is 8.48. The molecule has 2 aliphatic heterocycles. The Bertz CT molecular complexity index is 563. The lowest BCUT2D eigenvalue weighted by molar-refractivity contribution is -0.125. The average Bonchev–Trinajstić information content (AvgIpc) is 2.92. The predicted octanol–water partition coefficient (Wildman–Crippen LogP) is 1.45. The van der Waals surface area contributed by atoms with Gasteiger partial charge in [-0.15, -0.1) is 0 Å². The highest BCUT2D eigenvalue weighted by Crippen LogP contribution is 2.17. The Morgan fingerprint density at radius 1 is 0.958 bits per heavy atom. The van der Waals surface area contributed by atoms with Crippen molar-refractivity contribution in [1.82, 2.24) is 15.1 Å². The summed E-state index contributed by atoms with van der Waals surface area (Å²) >= 11 is 0. The van der Waals surface area contributed by atoms with E-state index in [0.29, 0.717) is 6.54 Å². The Morgan fingerprint density at radius 2 is 1.62 bits per heavy atom. The zero-order chi connectivity index (χ0) is 16.9. The number of aryl methyl sites for hydroxylation is 1. The van der Waals surface area contributed by atoms with Crippen LogP contribution >= 0.6 is 0 Å². The highest BCUT2D eigenvalue weighted by Gasteiger charge is 2.27. The first-order chi connectivity index (χ1) is 11.6. The van der Waals surface area contributed by atoms with E-state index in [0.717, 1.165) is 45.6 Å². The van der Waals surface area contributed by atoms with Gasteiger partial charge < -0.3 is 10.2 Å². The summed E-state index contributed by atoms with van der Waals surface area (Å²) in [5, 5.41) is 2.56. The average molecular weight is 330 g/mol. The van der Waals surface area contributed by atoms with Gasteiger partial charge in [-0.3, -0.25) is 14.6 Å². The molecule has 24 heavy (non-hydrogen) atoms. The molecule has 0 radical (unpaired) electrons. The molecule has 0 spiro atoms. The third kappa shape index (κ3) is 4.06. The van der Waals surface area contributed by atoms with E-state index in [4.69, 9.17) is 0 Å². The number of imide groups is 1. The summed E-state index contributed by atoms with van der Waals surface area (Å²) in [6.07, 6.45) is 1.89. The van der Waals surface area contributed by atoms with E-state index in [1.54, 1.807) is 0 Å². The van der Waals surface area contributed by atoms with Gasteiger partial charge in [0.1, 0.15) is 0 Å². The van der Waals surface area contributed by atoms with Crippen LogP contribution in [0.25, 0.3) is 0 Å². The number of carbonyl (C=O) groups is 2. The SMILES string of the molecule is Cc1ccc(N2CCN(CCCCN3C(=O)CNC3=O)CC2)cc1. The first-order valence-corrected chi connectivity index (χ1v) is 8.75. The molecule has 0 saturated carbocycles. The molecule has 3 rings (SSSR count). The molecule has 1 N–H and O–H groups in total. The molecule has 0 unspecified atom stereocenters. The molecule has 6 nitrogen and oxygen atoms in total. The van der Waals surface area contributed by atoms with Crippen molar-refractivity contribution >= 4 is 17.6 Å². The van der Waals surface area contributed by atoms with Gasteiger partial charge in [0.2, 0.25) is 5.91 Å². The molecule has 0 atom stereocenters. The van der Waals surface area contributed by atoms with E-state index in [2.05, 4.69) is 46.3 Å². The van der Waals surface area contributed by atoms with Crippen LogP contribution in [0, 0.1) is 6.92 Å². The fourth-order valence-corrected chi connectivity index (χ4v) is 3.27. The summed E-state index contributed by atoms with van der Waals surface area (Å²) in [5.41, 5.74) is 2.60. The minimum absolute atomic E-state index is 0.105. The first-order valence-electron chi connectivity index (χ1n) is 8.75. The lowest BCUT2D eigenvalue weighted by Gasteiger charge is -2.36. The van der Waals surface area contributed by atoms with Gasteiger partial charge in [0, 0.05) is 38.4 Å². The van der Waals surface area contributed by atoms with Crippen LogP contribution in [0.1, 0.15) is 18.4 Å². The molecular weight excluding hydrogens is 304 g/mol. The van der Waals surface area contributed by atoms with Crippen LogP contribution in [0.4, 0.5) is 10.5 Å². The second-order valence-electron chi connectivity index (χ2n) is 6.58. The monoisotopic (exact) mass is 330 g/mol. The third-order valence-corrected chi connectivity index (χ3v) is 4.81. The fraction of sp³-hybridized carbons (Fsp3) is 0.556. The van der Waals surface area contributed by atoms with Gasteiger partial charge in [-0.2, -0.15) is 0 Å². The largest absolute Gasteiger partial charge is 0.369 e. The van der Waals surface area contributed by atoms with Crippen molar-refractivity contribution < 1.29 is 9.59 Å². The maximum absolute atomic E-state index is 11.5. The highest BCUT2D eigenvalue weighted by molar-refractivity contribution is 6.01. The first kappa shape index (κ1) is 16.8. The number of unbranched alkanes of at least 4 members (excludes halogenated alkanes) is 1. The maximum Gasteiger partial charge on any atom is 0.324 e. The Hall–Kier alpha value is -2.08. The molecule has 0 aliphatic carbocycles. The quantitative estimate of drug-likeness (QED) is 0.634. The third-order valence-electron chi connectivity index (χ3n) is 4.81. The summed E-state index contributed by atoms with van der Waals surface area (Å²) < 4.78 is 0. The van der Waals surface area contributed by atoms with E-state index >= 15 is 0 Å². The molecule has 0 aromatic heterocycles. The number of carbonyl (C=O) groups excluding carboxylic acids is 2. The van der Waals surface area contributed by atoms with E-state index in [1.165, 1.54) is 16.2 Å². The lowest BCUT2D eigenvalue weighted by atomic mass is 10.2. The maximum atomic E-state index is 11.5.